The number of benzene rings is 1. The van der Waals surface area contributed by atoms with E-state index < -0.39 is 17.4 Å². The van der Waals surface area contributed by atoms with Gasteiger partial charge in [-0.1, -0.05) is 11.8 Å². The zero-order valence-corrected chi connectivity index (χ0v) is 14.7. The van der Waals surface area contributed by atoms with Crippen molar-refractivity contribution in [2.45, 2.75) is 5.16 Å². The molecule has 1 heterocycles. The number of aromatic amines is 1. The van der Waals surface area contributed by atoms with Crippen LogP contribution in [0.4, 0.5) is 11.5 Å². The summed E-state index contributed by atoms with van der Waals surface area (Å²) in [5.41, 5.74) is 4.92. The van der Waals surface area contributed by atoms with Crippen LogP contribution < -0.4 is 26.1 Å². The molecule has 0 saturated carbocycles. The molecule has 0 aliphatic carbocycles. The maximum Gasteiger partial charge on any atom is 0.337 e. The number of nitrogens with two attached hydrogens (primary N) is 1. The fraction of sp³-hybridized carbons (Fsp3) is 0.200. The number of rotatable bonds is 7. The lowest BCUT2D eigenvalue weighted by molar-refractivity contribution is -0.113. The van der Waals surface area contributed by atoms with E-state index in [1.165, 1.54) is 26.4 Å². The van der Waals surface area contributed by atoms with E-state index in [2.05, 4.69) is 15.3 Å². The van der Waals surface area contributed by atoms with Crippen molar-refractivity contribution in [2.24, 2.45) is 0 Å². The third-order valence-electron chi connectivity index (χ3n) is 3.11. The number of ether oxygens (including phenoxy) is 2. The molecule has 0 fully saturated rings. The molecule has 11 heteroatoms. The molecule has 1 aromatic carbocycles. The summed E-state index contributed by atoms with van der Waals surface area (Å²) < 4.78 is 10.2. The Balaban J connectivity index is 2.17. The lowest BCUT2D eigenvalue weighted by Gasteiger charge is -2.13. The van der Waals surface area contributed by atoms with E-state index in [1.807, 2.05) is 0 Å². The highest BCUT2D eigenvalue weighted by Crippen LogP contribution is 2.33. The number of thioether (sulfide) groups is 1. The first-order valence-corrected chi connectivity index (χ1v) is 8.11. The number of aromatic carboxylic acids is 1. The maximum absolute atomic E-state index is 12.1. The fourth-order valence-electron chi connectivity index (χ4n) is 2.00. The molecule has 0 saturated heterocycles. The molecule has 0 spiro atoms. The number of hydrogen-bond donors (Lipinski definition) is 4. The summed E-state index contributed by atoms with van der Waals surface area (Å²) in [6, 6.07) is 3.72. The smallest absolute Gasteiger partial charge is 0.337 e. The zero-order chi connectivity index (χ0) is 19.3. The molecule has 0 radical (unpaired) electrons. The van der Waals surface area contributed by atoms with E-state index >= 15 is 0 Å². The average Bonchev–Trinajstić information content (AvgIpc) is 2.58. The number of carbonyl (C=O) groups is 2. The zero-order valence-electron chi connectivity index (χ0n) is 13.9. The summed E-state index contributed by atoms with van der Waals surface area (Å²) in [4.78, 5) is 41.2. The molecule has 2 aromatic rings. The summed E-state index contributed by atoms with van der Waals surface area (Å²) in [5.74, 6) is -1.35. The van der Waals surface area contributed by atoms with Crippen LogP contribution in [0.25, 0.3) is 0 Å². The summed E-state index contributed by atoms with van der Waals surface area (Å²) in [5, 5.41) is 12.0. The molecule has 10 nitrogen and oxygen atoms in total. The topological polar surface area (TPSA) is 157 Å². The molecular weight excluding hydrogens is 364 g/mol. The Hall–Kier alpha value is -3.21. The Morgan fingerprint density at radius 3 is 2.50 bits per heavy atom. The van der Waals surface area contributed by atoms with Gasteiger partial charge in [0.25, 0.3) is 5.56 Å². The van der Waals surface area contributed by atoms with Gasteiger partial charge in [-0.05, 0) is 0 Å². The van der Waals surface area contributed by atoms with Gasteiger partial charge in [-0.15, -0.1) is 0 Å². The Kier molecular flexibility index (Phi) is 6.07. The number of carboxylic acid groups (broad SMARTS) is 1. The van der Waals surface area contributed by atoms with Gasteiger partial charge in [0.2, 0.25) is 5.91 Å². The molecule has 1 aromatic heterocycles. The summed E-state index contributed by atoms with van der Waals surface area (Å²) >= 11 is 0.946. The van der Waals surface area contributed by atoms with Gasteiger partial charge in [-0.3, -0.25) is 9.59 Å². The van der Waals surface area contributed by atoms with E-state index in [9.17, 15) is 19.5 Å². The lowest BCUT2D eigenvalue weighted by atomic mass is 10.1. The SMILES string of the molecule is COc1cc(NC(=O)CSc2nc(N)cc(=O)[nH]2)c(C(=O)O)cc1OC. The van der Waals surface area contributed by atoms with Crippen LogP contribution in [0.5, 0.6) is 11.5 Å². The van der Waals surface area contributed by atoms with E-state index in [1.54, 1.807) is 0 Å². The first-order chi connectivity index (χ1) is 12.3. The van der Waals surface area contributed by atoms with Gasteiger partial charge < -0.3 is 30.6 Å². The number of nitrogen functional groups attached to an aromatic ring is 1. The molecule has 2 rings (SSSR count). The molecule has 0 aliphatic rings. The van der Waals surface area contributed by atoms with Crippen LogP contribution in [-0.2, 0) is 4.79 Å². The van der Waals surface area contributed by atoms with Gasteiger partial charge in [-0.2, -0.15) is 0 Å². The largest absolute Gasteiger partial charge is 0.493 e. The Labute approximate surface area is 151 Å². The number of hydrogen-bond acceptors (Lipinski definition) is 8. The first-order valence-electron chi connectivity index (χ1n) is 7.13. The number of amides is 1. The van der Waals surface area contributed by atoms with Crippen LogP contribution in [0.2, 0.25) is 0 Å². The predicted molar refractivity (Wildman–Crippen MR) is 95.1 cm³/mol. The van der Waals surface area contributed by atoms with E-state index in [0.29, 0.717) is 0 Å². The fourth-order valence-corrected chi connectivity index (χ4v) is 2.68. The molecule has 1 amide bonds. The van der Waals surface area contributed by atoms with Crippen LogP contribution in [0.3, 0.4) is 0 Å². The number of methoxy groups -OCH3 is 2. The molecular formula is C15H16N4O6S. The Bertz CT molecular complexity index is 898. The highest BCUT2D eigenvalue weighted by molar-refractivity contribution is 7.99. The number of nitrogens with zero attached hydrogens (tertiary/aromatic N) is 1. The van der Waals surface area contributed by atoms with Crippen molar-refractivity contribution in [2.75, 3.05) is 31.0 Å². The minimum absolute atomic E-state index is 0.0321. The monoisotopic (exact) mass is 380 g/mol. The quantitative estimate of drug-likeness (QED) is 0.403. The van der Waals surface area contributed by atoms with E-state index in [0.717, 1.165) is 17.8 Å². The van der Waals surface area contributed by atoms with Crippen molar-refractivity contribution in [1.82, 2.24) is 9.97 Å². The van der Waals surface area contributed by atoms with Crippen molar-refractivity contribution in [1.29, 1.82) is 0 Å². The van der Waals surface area contributed by atoms with Crippen LogP contribution in [0, 0.1) is 0 Å². The van der Waals surface area contributed by atoms with Gasteiger partial charge in [0.05, 0.1) is 31.2 Å². The van der Waals surface area contributed by atoms with Crippen LogP contribution >= 0.6 is 11.8 Å². The van der Waals surface area contributed by atoms with Crippen molar-refractivity contribution in [3.8, 4) is 11.5 Å². The molecule has 0 atom stereocenters. The third-order valence-corrected chi connectivity index (χ3v) is 3.98. The normalized spacial score (nSPS) is 10.2. The van der Waals surface area contributed by atoms with Crippen LogP contribution in [0.15, 0.2) is 28.2 Å². The molecule has 0 aliphatic heterocycles. The Morgan fingerprint density at radius 1 is 1.27 bits per heavy atom. The molecule has 5 N–H and O–H groups in total. The first kappa shape index (κ1) is 19.1. The van der Waals surface area contributed by atoms with E-state index in [-0.39, 0.29) is 39.5 Å². The Morgan fingerprint density at radius 2 is 1.92 bits per heavy atom. The summed E-state index contributed by atoms with van der Waals surface area (Å²) in [6.45, 7) is 0. The van der Waals surface area contributed by atoms with Gasteiger partial charge in [-0.25, -0.2) is 9.78 Å². The molecule has 138 valence electrons. The number of carbonyl (C=O) groups excluding carboxylic acids is 1. The summed E-state index contributed by atoms with van der Waals surface area (Å²) in [6.07, 6.45) is 0. The highest BCUT2D eigenvalue weighted by Gasteiger charge is 2.18. The number of anilines is 2. The standard InChI is InChI=1S/C15H16N4O6S/c1-24-9-3-7(14(22)23)8(4-10(9)25-2)17-13(21)6-26-15-18-11(16)5-12(20)19-15/h3-5H,6H2,1-2H3,(H,17,21)(H,22,23)(H3,16,18,19,20). The van der Waals surface area contributed by atoms with Crippen molar-refractivity contribution in [3.63, 3.8) is 0 Å². The van der Waals surface area contributed by atoms with Crippen LogP contribution in [0.1, 0.15) is 10.4 Å². The molecule has 0 bridgehead atoms. The van der Waals surface area contributed by atoms with Crippen molar-refractivity contribution >= 4 is 35.1 Å². The molecule has 0 unspecified atom stereocenters. The predicted octanol–water partition coefficient (Wildman–Crippen LogP) is 0.798. The van der Waals surface area contributed by atoms with E-state index in [4.69, 9.17) is 15.2 Å². The number of aromatic nitrogens is 2. The van der Waals surface area contributed by atoms with Gasteiger partial charge in [0.1, 0.15) is 5.82 Å². The molecule has 26 heavy (non-hydrogen) atoms. The van der Waals surface area contributed by atoms with Gasteiger partial charge in [0.15, 0.2) is 16.7 Å². The van der Waals surface area contributed by atoms with Gasteiger partial charge in [0, 0.05) is 18.2 Å². The van der Waals surface area contributed by atoms with Crippen molar-refractivity contribution < 1.29 is 24.2 Å². The lowest BCUT2D eigenvalue weighted by Crippen LogP contribution is -2.18. The van der Waals surface area contributed by atoms with Crippen LogP contribution in [-0.4, -0.2) is 46.9 Å². The second-order valence-corrected chi connectivity index (χ2v) is 5.83. The van der Waals surface area contributed by atoms with Crippen molar-refractivity contribution in [3.05, 3.63) is 34.1 Å². The second-order valence-electron chi connectivity index (χ2n) is 4.87. The highest BCUT2D eigenvalue weighted by atomic mass is 32.2. The summed E-state index contributed by atoms with van der Waals surface area (Å²) in [7, 11) is 2.76. The average molecular weight is 380 g/mol. The third kappa shape index (κ3) is 4.66. The maximum atomic E-state index is 12.1. The number of carboxylic acids is 1. The minimum Gasteiger partial charge on any atom is -0.493 e. The number of H-pyrrole nitrogens is 1. The van der Waals surface area contributed by atoms with Gasteiger partial charge >= 0.3 is 5.97 Å². The second kappa shape index (κ2) is 8.25. The number of nitrogens with one attached hydrogen (secondary N) is 2. The minimum atomic E-state index is -1.24.